The first-order valence-electron chi connectivity index (χ1n) is 9.18. The van der Waals surface area contributed by atoms with E-state index < -0.39 is 5.41 Å². The minimum absolute atomic E-state index is 0. The van der Waals surface area contributed by atoms with Gasteiger partial charge in [0.1, 0.15) is 5.82 Å². The highest BCUT2D eigenvalue weighted by Gasteiger charge is 2.41. The minimum Gasteiger partial charge on any atom is -0.354 e. The van der Waals surface area contributed by atoms with Crippen LogP contribution in [0.4, 0.5) is 4.39 Å². The van der Waals surface area contributed by atoms with Crippen molar-refractivity contribution in [2.75, 3.05) is 39.3 Å². The quantitative estimate of drug-likeness (QED) is 0.838. The SMILES string of the molecule is Cl.O=C(NCCN1CCNCC1)C1(c2cccc(F)c2)CCCCC1. The van der Waals surface area contributed by atoms with Crippen LogP contribution in [0.1, 0.15) is 37.7 Å². The van der Waals surface area contributed by atoms with Crippen molar-refractivity contribution in [3.05, 3.63) is 35.6 Å². The van der Waals surface area contributed by atoms with Crippen LogP contribution in [0.2, 0.25) is 0 Å². The van der Waals surface area contributed by atoms with Crippen LogP contribution in [0.25, 0.3) is 0 Å². The van der Waals surface area contributed by atoms with Gasteiger partial charge in [0.2, 0.25) is 5.91 Å². The number of nitrogens with one attached hydrogen (secondary N) is 2. The van der Waals surface area contributed by atoms with Gasteiger partial charge in [-0.1, -0.05) is 31.4 Å². The van der Waals surface area contributed by atoms with Crippen LogP contribution in [-0.4, -0.2) is 50.1 Å². The van der Waals surface area contributed by atoms with Crippen molar-refractivity contribution in [1.29, 1.82) is 0 Å². The Hall–Kier alpha value is -1.17. The molecule has 1 aliphatic carbocycles. The molecular weight excluding hydrogens is 341 g/mol. The maximum atomic E-state index is 13.7. The second-order valence-corrected chi connectivity index (χ2v) is 7.00. The first-order valence-corrected chi connectivity index (χ1v) is 9.18. The summed E-state index contributed by atoms with van der Waals surface area (Å²) in [6.07, 6.45) is 4.85. The summed E-state index contributed by atoms with van der Waals surface area (Å²) in [5.74, 6) is -0.186. The highest BCUT2D eigenvalue weighted by molar-refractivity contribution is 5.88. The number of rotatable bonds is 5. The molecule has 6 heteroatoms. The lowest BCUT2D eigenvalue weighted by atomic mass is 9.68. The minimum atomic E-state index is -0.552. The third-order valence-corrected chi connectivity index (χ3v) is 5.44. The predicted molar refractivity (Wildman–Crippen MR) is 101 cm³/mol. The maximum absolute atomic E-state index is 13.7. The monoisotopic (exact) mass is 369 g/mol. The van der Waals surface area contributed by atoms with Crippen LogP contribution in [-0.2, 0) is 10.2 Å². The number of benzene rings is 1. The summed E-state index contributed by atoms with van der Waals surface area (Å²) in [4.78, 5) is 15.4. The van der Waals surface area contributed by atoms with Crippen LogP contribution in [0.5, 0.6) is 0 Å². The molecule has 0 spiro atoms. The van der Waals surface area contributed by atoms with Crippen molar-refractivity contribution < 1.29 is 9.18 Å². The van der Waals surface area contributed by atoms with E-state index in [9.17, 15) is 9.18 Å². The van der Waals surface area contributed by atoms with Crippen LogP contribution in [0.3, 0.4) is 0 Å². The molecular formula is C19H29ClFN3O. The average Bonchev–Trinajstić information content (AvgIpc) is 2.63. The standard InChI is InChI=1S/C19H28FN3O.ClH/c20-17-6-4-5-16(15-17)19(7-2-1-3-8-19)18(24)22-11-14-23-12-9-21-10-13-23;/h4-6,15,21H,1-3,7-14H2,(H,22,24);1H. The van der Waals surface area contributed by atoms with E-state index in [4.69, 9.17) is 0 Å². The molecule has 25 heavy (non-hydrogen) atoms. The van der Waals surface area contributed by atoms with Gasteiger partial charge < -0.3 is 10.6 Å². The van der Waals surface area contributed by atoms with Gasteiger partial charge in [-0.2, -0.15) is 0 Å². The molecule has 0 aromatic heterocycles. The number of amides is 1. The van der Waals surface area contributed by atoms with E-state index in [2.05, 4.69) is 15.5 Å². The van der Waals surface area contributed by atoms with Crippen molar-refractivity contribution in [3.8, 4) is 0 Å². The summed E-state index contributed by atoms with van der Waals surface area (Å²) in [6, 6.07) is 6.61. The van der Waals surface area contributed by atoms with E-state index in [-0.39, 0.29) is 24.1 Å². The third-order valence-electron chi connectivity index (χ3n) is 5.44. The average molecular weight is 370 g/mol. The van der Waals surface area contributed by atoms with Gasteiger partial charge in [-0.05, 0) is 30.5 Å². The molecule has 1 aromatic carbocycles. The zero-order chi connectivity index (χ0) is 16.8. The lowest BCUT2D eigenvalue weighted by molar-refractivity contribution is -0.128. The highest BCUT2D eigenvalue weighted by atomic mass is 35.5. The van der Waals surface area contributed by atoms with E-state index in [0.717, 1.165) is 70.4 Å². The predicted octanol–water partition coefficient (Wildman–Crippen LogP) is 2.47. The van der Waals surface area contributed by atoms with E-state index in [0.29, 0.717) is 6.54 Å². The number of carbonyl (C=O) groups excluding carboxylic acids is 1. The molecule has 2 N–H and O–H groups in total. The van der Waals surface area contributed by atoms with Gasteiger partial charge in [-0.15, -0.1) is 12.4 Å². The number of hydrogen-bond acceptors (Lipinski definition) is 3. The van der Waals surface area contributed by atoms with Crippen molar-refractivity contribution in [2.24, 2.45) is 0 Å². The second kappa shape index (κ2) is 9.51. The zero-order valence-corrected chi connectivity index (χ0v) is 15.5. The third kappa shape index (κ3) is 4.93. The van der Waals surface area contributed by atoms with Gasteiger partial charge in [-0.25, -0.2) is 4.39 Å². The number of halogens is 2. The van der Waals surface area contributed by atoms with Crippen LogP contribution in [0, 0.1) is 5.82 Å². The Kier molecular flexibility index (Phi) is 7.66. The van der Waals surface area contributed by atoms with E-state index in [1.807, 2.05) is 6.07 Å². The Morgan fingerprint density at radius 1 is 1.20 bits per heavy atom. The molecule has 0 bridgehead atoms. The first-order chi connectivity index (χ1) is 11.7. The first kappa shape index (κ1) is 20.1. The molecule has 1 amide bonds. The topological polar surface area (TPSA) is 44.4 Å². The molecule has 1 aromatic rings. The van der Waals surface area contributed by atoms with Gasteiger partial charge in [0.05, 0.1) is 5.41 Å². The molecule has 3 rings (SSSR count). The van der Waals surface area contributed by atoms with Crippen LogP contribution >= 0.6 is 12.4 Å². The molecule has 140 valence electrons. The zero-order valence-electron chi connectivity index (χ0n) is 14.7. The Morgan fingerprint density at radius 3 is 2.60 bits per heavy atom. The van der Waals surface area contributed by atoms with E-state index >= 15 is 0 Å². The normalized spacial score (nSPS) is 20.5. The smallest absolute Gasteiger partial charge is 0.230 e. The van der Waals surface area contributed by atoms with Gasteiger partial charge in [0.25, 0.3) is 0 Å². The fraction of sp³-hybridized carbons (Fsp3) is 0.632. The van der Waals surface area contributed by atoms with Crippen molar-refractivity contribution in [3.63, 3.8) is 0 Å². The van der Waals surface area contributed by atoms with Crippen molar-refractivity contribution in [1.82, 2.24) is 15.5 Å². The summed E-state index contributed by atoms with van der Waals surface area (Å²) >= 11 is 0. The number of hydrogen-bond donors (Lipinski definition) is 2. The number of piperazine rings is 1. The van der Waals surface area contributed by atoms with E-state index in [1.54, 1.807) is 12.1 Å². The van der Waals surface area contributed by atoms with Gasteiger partial charge >= 0.3 is 0 Å². The molecule has 2 fully saturated rings. The number of nitrogens with zero attached hydrogens (tertiary/aromatic N) is 1. The van der Waals surface area contributed by atoms with E-state index in [1.165, 1.54) is 6.07 Å². The Morgan fingerprint density at radius 2 is 1.92 bits per heavy atom. The van der Waals surface area contributed by atoms with Crippen molar-refractivity contribution >= 4 is 18.3 Å². The molecule has 1 saturated carbocycles. The Balaban J connectivity index is 0.00000225. The highest BCUT2D eigenvalue weighted by Crippen LogP contribution is 2.39. The molecule has 4 nitrogen and oxygen atoms in total. The summed E-state index contributed by atoms with van der Waals surface area (Å²) < 4.78 is 13.7. The van der Waals surface area contributed by atoms with Gasteiger partial charge in [-0.3, -0.25) is 9.69 Å². The molecule has 2 aliphatic rings. The number of carbonyl (C=O) groups is 1. The molecule has 1 heterocycles. The Bertz CT molecular complexity index is 557. The summed E-state index contributed by atoms with van der Waals surface area (Å²) in [6.45, 7) is 5.64. The van der Waals surface area contributed by atoms with Crippen molar-refractivity contribution in [2.45, 2.75) is 37.5 Å². The second-order valence-electron chi connectivity index (χ2n) is 7.00. The maximum Gasteiger partial charge on any atom is 0.230 e. The fourth-order valence-corrected chi connectivity index (χ4v) is 4.02. The largest absolute Gasteiger partial charge is 0.354 e. The molecule has 0 radical (unpaired) electrons. The molecule has 1 saturated heterocycles. The lowest BCUT2D eigenvalue weighted by Gasteiger charge is -2.37. The Labute approximate surface area is 156 Å². The van der Waals surface area contributed by atoms with Crippen LogP contribution < -0.4 is 10.6 Å². The lowest BCUT2D eigenvalue weighted by Crippen LogP contribution is -2.50. The van der Waals surface area contributed by atoms with Gasteiger partial charge in [0, 0.05) is 39.3 Å². The molecule has 0 unspecified atom stereocenters. The van der Waals surface area contributed by atoms with Gasteiger partial charge in [0.15, 0.2) is 0 Å². The molecule has 0 atom stereocenters. The fourth-order valence-electron chi connectivity index (χ4n) is 4.02. The summed E-state index contributed by atoms with van der Waals surface area (Å²) in [7, 11) is 0. The summed E-state index contributed by atoms with van der Waals surface area (Å²) in [5, 5.41) is 6.47. The summed E-state index contributed by atoms with van der Waals surface area (Å²) in [5.41, 5.74) is 0.283. The molecule has 1 aliphatic heterocycles. The van der Waals surface area contributed by atoms with Crippen LogP contribution in [0.15, 0.2) is 24.3 Å².